The third-order valence-electron chi connectivity index (χ3n) is 4.88. The molecule has 1 amide bonds. The average Bonchev–Trinajstić information content (AvgIpc) is 2.97. The lowest BCUT2D eigenvalue weighted by Gasteiger charge is -2.36. The highest BCUT2D eigenvalue weighted by Crippen LogP contribution is 2.37. The minimum atomic E-state index is -4.59. The number of hydrogen-bond donors (Lipinski definition) is 0. The Morgan fingerprint density at radius 3 is 2.40 bits per heavy atom. The van der Waals surface area contributed by atoms with Crippen molar-refractivity contribution in [1.29, 1.82) is 0 Å². The van der Waals surface area contributed by atoms with Gasteiger partial charge in [0.1, 0.15) is 12.3 Å². The first-order chi connectivity index (χ1) is 14.0. The fourth-order valence-corrected chi connectivity index (χ4v) is 4.63. The number of nitrogens with zero attached hydrogens (tertiary/aromatic N) is 4. The lowest BCUT2D eigenvalue weighted by atomic mass is 10.2. The molecule has 0 unspecified atom stereocenters. The minimum Gasteiger partial charge on any atom is -0.495 e. The summed E-state index contributed by atoms with van der Waals surface area (Å²) in [4.78, 5) is 16.3. The number of carbonyl (C=O) groups excluding carboxylic acids is 1. The van der Waals surface area contributed by atoms with E-state index in [2.05, 4.69) is 37.0 Å². The zero-order chi connectivity index (χ0) is 22.2. The quantitative estimate of drug-likeness (QED) is 0.529. The van der Waals surface area contributed by atoms with Gasteiger partial charge in [0.05, 0.1) is 32.5 Å². The second-order valence-corrected chi connectivity index (χ2v) is 8.76. The van der Waals surface area contributed by atoms with Crippen LogP contribution in [0.15, 0.2) is 21.1 Å². The number of piperazine rings is 1. The van der Waals surface area contributed by atoms with Crippen molar-refractivity contribution in [2.75, 3.05) is 38.2 Å². The molecule has 0 N–H and O–H groups in total. The Kier molecular flexibility index (Phi) is 6.93. The van der Waals surface area contributed by atoms with E-state index in [1.807, 2.05) is 11.0 Å². The Morgan fingerprint density at radius 1 is 1.23 bits per heavy atom. The molecule has 0 aliphatic carbocycles. The van der Waals surface area contributed by atoms with Gasteiger partial charge < -0.3 is 14.5 Å². The summed E-state index contributed by atoms with van der Waals surface area (Å²) < 4.78 is 46.1. The van der Waals surface area contributed by atoms with Crippen molar-refractivity contribution < 1.29 is 22.7 Å². The number of alkyl halides is 3. The molecule has 1 aromatic heterocycles. The van der Waals surface area contributed by atoms with Gasteiger partial charge in [-0.1, -0.05) is 11.6 Å². The smallest absolute Gasteiger partial charge is 0.436 e. The van der Waals surface area contributed by atoms with E-state index in [-0.39, 0.29) is 22.6 Å². The van der Waals surface area contributed by atoms with Crippen molar-refractivity contribution in [2.45, 2.75) is 19.6 Å². The van der Waals surface area contributed by atoms with E-state index in [4.69, 9.17) is 16.3 Å². The maximum Gasteiger partial charge on any atom is 0.436 e. The fourth-order valence-electron chi connectivity index (χ4n) is 3.20. The van der Waals surface area contributed by atoms with Gasteiger partial charge in [-0.25, -0.2) is 0 Å². The van der Waals surface area contributed by atoms with Crippen LogP contribution in [0.5, 0.6) is 5.75 Å². The van der Waals surface area contributed by atoms with Gasteiger partial charge in [-0.15, -0.1) is 0 Å². The van der Waals surface area contributed by atoms with Crippen LogP contribution in [0.4, 0.5) is 18.9 Å². The van der Waals surface area contributed by atoms with E-state index < -0.39 is 11.9 Å². The van der Waals surface area contributed by atoms with Crippen LogP contribution in [0.1, 0.15) is 11.4 Å². The van der Waals surface area contributed by atoms with Gasteiger partial charge in [-0.2, -0.15) is 18.3 Å². The van der Waals surface area contributed by atoms with E-state index in [9.17, 15) is 18.0 Å². The summed E-state index contributed by atoms with van der Waals surface area (Å²) in [6.45, 7) is 3.13. The molecule has 3 rings (SSSR count). The predicted octanol–water partition coefficient (Wildman–Crippen LogP) is 4.75. The second-order valence-electron chi connectivity index (χ2n) is 6.71. The third kappa shape index (κ3) is 4.72. The van der Waals surface area contributed by atoms with Gasteiger partial charge in [0.2, 0.25) is 5.91 Å². The summed E-state index contributed by atoms with van der Waals surface area (Å²) in [5.74, 6) is 0.356. The summed E-state index contributed by atoms with van der Waals surface area (Å²) >= 11 is 12.7. The molecule has 0 bridgehead atoms. The van der Waals surface area contributed by atoms with Gasteiger partial charge in [0, 0.05) is 32.2 Å². The van der Waals surface area contributed by atoms with Crippen LogP contribution in [0, 0.1) is 6.92 Å². The molecule has 2 heterocycles. The maximum absolute atomic E-state index is 13.0. The number of rotatable bonds is 4. The molecule has 0 atom stereocenters. The SMILES string of the molecule is COc1cc(N2CCN(C(=O)Cn3nc(C(F)(F)F)c(Br)c3C)CC2)c(Cl)cc1Br. The number of hydrogen-bond acceptors (Lipinski definition) is 4. The van der Waals surface area contributed by atoms with Crippen LogP contribution >= 0.6 is 43.5 Å². The van der Waals surface area contributed by atoms with Gasteiger partial charge in [0.15, 0.2) is 5.69 Å². The zero-order valence-corrected chi connectivity index (χ0v) is 20.0. The Labute approximate surface area is 193 Å². The molecule has 1 fully saturated rings. The average molecular weight is 575 g/mol. The molecule has 12 heteroatoms. The maximum atomic E-state index is 13.0. The fraction of sp³-hybridized carbons (Fsp3) is 0.444. The number of anilines is 1. The molecule has 0 saturated carbocycles. The molecule has 1 aromatic carbocycles. The first kappa shape index (κ1) is 23.2. The molecule has 1 aliphatic heterocycles. The largest absolute Gasteiger partial charge is 0.495 e. The molecular weight excluding hydrogens is 556 g/mol. The highest BCUT2D eigenvalue weighted by atomic mass is 79.9. The van der Waals surface area contributed by atoms with Crippen LogP contribution < -0.4 is 9.64 Å². The number of benzene rings is 1. The summed E-state index contributed by atoms with van der Waals surface area (Å²) in [6, 6.07) is 3.58. The molecule has 164 valence electrons. The topological polar surface area (TPSA) is 50.6 Å². The van der Waals surface area contributed by atoms with Crippen LogP contribution in [-0.2, 0) is 17.5 Å². The number of methoxy groups -OCH3 is 1. The molecule has 1 aliphatic rings. The molecule has 1 saturated heterocycles. The Hall–Kier alpha value is -1.46. The van der Waals surface area contributed by atoms with Crippen molar-refractivity contribution >= 4 is 55.1 Å². The Balaban J connectivity index is 1.67. The number of amides is 1. The molecular formula is C18H18Br2ClF3N4O2. The van der Waals surface area contributed by atoms with Gasteiger partial charge in [-0.05, 0) is 44.8 Å². The van der Waals surface area contributed by atoms with Crippen molar-refractivity contribution in [3.63, 3.8) is 0 Å². The lowest BCUT2D eigenvalue weighted by Crippen LogP contribution is -2.49. The highest BCUT2D eigenvalue weighted by Gasteiger charge is 2.38. The highest BCUT2D eigenvalue weighted by molar-refractivity contribution is 9.10. The zero-order valence-electron chi connectivity index (χ0n) is 16.1. The molecule has 30 heavy (non-hydrogen) atoms. The molecule has 0 radical (unpaired) electrons. The Morgan fingerprint density at radius 2 is 1.87 bits per heavy atom. The standard InChI is InChI=1S/C18H18Br2ClF3N4O2/c1-10-16(20)17(18(22,23)24)25-28(10)9-15(29)27-5-3-26(4-6-27)13-8-14(30-2)11(19)7-12(13)21/h7-8H,3-6,9H2,1-2H3. The molecule has 2 aromatic rings. The van der Waals surface area contributed by atoms with E-state index >= 15 is 0 Å². The summed E-state index contributed by atoms with van der Waals surface area (Å²) in [6.07, 6.45) is -4.59. The lowest BCUT2D eigenvalue weighted by molar-refractivity contribution is -0.142. The van der Waals surface area contributed by atoms with Crippen LogP contribution in [0.2, 0.25) is 5.02 Å². The van der Waals surface area contributed by atoms with Crippen molar-refractivity contribution in [3.05, 3.63) is 37.5 Å². The number of halogens is 6. The normalized spacial score (nSPS) is 14.9. The Bertz CT molecular complexity index is 960. The number of aromatic nitrogens is 2. The summed E-state index contributed by atoms with van der Waals surface area (Å²) in [7, 11) is 1.56. The predicted molar refractivity (Wildman–Crippen MR) is 114 cm³/mol. The van der Waals surface area contributed by atoms with Gasteiger partial charge in [0.25, 0.3) is 0 Å². The second kappa shape index (κ2) is 8.96. The summed E-state index contributed by atoms with van der Waals surface area (Å²) in [5.41, 5.74) is 0.0185. The van der Waals surface area contributed by atoms with Crippen LogP contribution in [0.25, 0.3) is 0 Å². The third-order valence-corrected chi connectivity index (χ3v) is 6.75. The number of carbonyl (C=O) groups is 1. The monoisotopic (exact) mass is 572 g/mol. The summed E-state index contributed by atoms with van der Waals surface area (Å²) in [5, 5.41) is 4.12. The minimum absolute atomic E-state index is 0.147. The first-order valence-corrected chi connectivity index (χ1v) is 10.8. The number of ether oxygens (including phenoxy) is 1. The van der Waals surface area contributed by atoms with Gasteiger partial charge in [-0.3, -0.25) is 9.48 Å². The van der Waals surface area contributed by atoms with E-state index in [0.29, 0.717) is 37.0 Å². The first-order valence-electron chi connectivity index (χ1n) is 8.88. The van der Waals surface area contributed by atoms with Crippen LogP contribution in [-0.4, -0.2) is 53.9 Å². The van der Waals surface area contributed by atoms with Crippen molar-refractivity contribution in [2.24, 2.45) is 0 Å². The van der Waals surface area contributed by atoms with Crippen molar-refractivity contribution in [1.82, 2.24) is 14.7 Å². The van der Waals surface area contributed by atoms with Crippen molar-refractivity contribution in [3.8, 4) is 5.75 Å². The molecule has 6 nitrogen and oxygen atoms in total. The van der Waals surface area contributed by atoms with E-state index in [1.54, 1.807) is 18.1 Å². The van der Waals surface area contributed by atoms with Gasteiger partial charge >= 0.3 is 6.18 Å². The van der Waals surface area contributed by atoms with E-state index in [1.165, 1.54) is 6.92 Å². The van der Waals surface area contributed by atoms with E-state index in [0.717, 1.165) is 14.8 Å². The molecule has 0 spiro atoms. The van der Waals surface area contributed by atoms with Crippen LogP contribution in [0.3, 0.4) is 0 Å².